The third-order valence-electron chi connectivity index (χ3n) is 5.73. The van der Waals surface area contributed by atoms with E-state index in [4.69, 9.17) is 14.5 Å². The third-order valence-corrected chi connectivity index (χ3v) is 5.73. The maximum atomic E-state index is 13.1. The maximum absolute atomic E-state index is 13.1. The smallest absolute Gasteiger partial charge is 0.188 e. The van der Waals surface area contributed by atoms with Crippen molar-refractivity contribution in [3.8, 4) is 11.4 Å². The Bertz CT molecular complexity index is 1170. The second kappa shape index (κ2) is 12.2. The van der Waals surface area contributed by atoms with Crippen LogP contribution in [0.4, 0.5) is 10.1 Å². The normalized spacial score (nSPS) is 14.6. The van der Waals surface area contributed by atoms with E-state index < -0.39 is 0 Å². The van der Waals surface area contributed by atoms with E-state index in [2.05, 4.69) is 33.8 Å². The van der Waals surface area contributed by atoms with Crippen LogP contribution in [0.1, 0.15) is 24.1 Å². The van der Waals surface area contributed by atoms with Crippen molar-refractivity contribution >= 4 is 11.5 Å². The van der Waals surface area contributed by atoms with Crippen LogP contribution in [0.5, 0.6) is 5.75 Å². The molecule has 1 aliphatic heterocycles. The van der Waals surface area contributed by atoms with Crippen molar-refractivity contribution in [2.45, 2.75) is 26.2 Å². The summed E-state index contributed by atoms with van der Waals surface area (Å²) < 4.78 is 26.1. The third kappa shape index (κ3) is 6.93. The van der Waals surface area contributed by atoms with E-state index in [0.717, 1.165) is 66.6 Å². The predicted octanol–water partition coefficient (Wildman–Crippen LogP) is 4.67. The van der Waals surface area contributed by atoms with Gasteiger partial charge in [-0.25, -0.2) is 9.37 Å². The summed E-state index contributed by atoms with van der Waals surface area (Å²) in [5, 5.41) is 6.75. The van der Waals surface area contributed by atoms with Gasteiger partial charge in [-0.2, -0.15) is 0 Å². The number of hydrogen-bond donors (Lipinski definition) is 2. The molecule has 4 rings (SSSR count). The van der Waals surface area contributed by atoms with Gasteiger partial charge in [0.1, 0.15) is 17.4 Å². The van der Waals surface area contributed by atoms with E-state index in [1.165, 1.54) is 17.7 Å². The molecule has 35 heavy (non-hydrogen) atoms. The number of methoxy groups -OCH3 is 1. The molecule has 0 spiro atoms. The van der Waals surface area contributed by atoms with Crippen LogP contribution < -0.4 is 15.4 Å². The quantitative estimate of drug-likeness (QED) is 0.328. The first-order valence-electron chi connectivity index (χ1n) is 11.8. The van der Waals surface area contributed by atoms with Gasteiger partial charge in [0, 0.05) is 44.7 Å². The minimum absolute atomic E-state index is 0.186. The molecule has 0 saturated heterocycles. The van der Waals surface area contributed by atoms with Crippen LogP contribution in [-0.2, 0) is 11.2 Å². The lowest BCUT2D eigenvalue weighted by molar-refractivity contribution is 0.0505. The summed E-state index contributed by atoms with van der Waals surface area (Å²) in [6, 6.07) is 12.6. The molecule has 0 amide bonds. The van der Waals surface area contributed by atoms with Gasteiger partial charge in [0.15, 0.2) is 6.79 Å². The summed E-state index contributed by atoms with van der Waals surface area (Å²) >= 11 is 0. The summed E-state index contributed by atoms with van der Waals surface area (Å²) in [5.41, 5.74) is 5.14. The minimum Gasteiger partial charge on any atom is -0.467 e. The number of aryl methyl sites for hydroxylation is 1. The average molecular weight is 478 g/mol. The van der Waals surface area contributed by atoms with Crippen LogP contribution in [0.25, 0.3) is 5.69 Å². The molecule has 184 valence electrons. The summed E-state index contributed by atoms with van der Waals surface area (Å²) in [5.74, 6) is 1.50. The molecular formula is C27H32FN5O2. The van der Waals surface area contributed by atoms with E-state index in [1.54, 1.807) is 25.6 Å². The number of anilines is 1. The van der Waals surface area contributed by atoms with Gasteiger partial charge in [-0.1, -0.05) is 12.1 Å². The Morgan fingerprint density at radius 1 is 1.11 bits per heavy atom. The fourth-order valence-corrected chi connectivity index (χ4v) is 3.93. The summed E-state index contributed by atoms with van der Waals surface area (Å²) in [6.45, 7) is 4.41. The number of nitrogens with one attached hydrogen (secondary N) is 2. The summed E-state index contributed by atoms with van der Waals surface area (Å²) in [6.07, 6.45) is 8.77. The van der Waals surface area contributed by atoms with Gasteiger partial charge in [-0.05, 0) is 67.7 Å². The highest BCUT2D eigenvalue weighted by Crippen LogP contribution is 2.25. The lowest BCUT2D eigenvalue weighted by Gasteiger charge is -2.19. The second-order valence-electron chi connectivity index (χ2n) is 8.39. The monoisotopic (exact) mass is 477 g/mol. The van der Waals surface area contributed by atoms with Crippen molar-refractivity contribution in [1.29, 1.82) is 0 Å². The standard InChI is InChI=1S/C27H32FN5O2/c1-20-17-33(18-32-20)25-12-7-21(26(16-25)35-19-34-2)5-6-22-4-3-13-30-27(22)31-15-14-29-24-10-8-23(28)9-11-24/h6-12,16-18,29H,3-5,13-15,19H2,1-2H3,(H,30,31). The number of amidine groups is 1. The van der Waals surface area contributed by atoms with E-state index in [1.807, 2.05) is 23.8 Å². The zero-order valence-corrected chi connectivity index (χ0v) is 20.3. The molecule has 0 radical (unpaired) electrons. The van der Waals surface area contributed by atoms with E-state index >= 15 is 0 Å². The molecule has 7 nitrogen and oxygen atoms in total. The number of imidazole rings is 1. The first kappa shape index (κ1) is 24.5. The van der Waals surface area contributed by atoms with Crippen LogP contribution in [0.3, 0.4) is 0 Å². The molecule has 0 fully saturated rings. The SMILES string of the molecule is COCOc1cc(-n2cnc(C)c2)ccc1CC=C1CCCN=C1NCCNc1ccc(F)cc1. The number of allylic oxidation sites excluding steroid dienone is 1. The predicted molar refractivity (Wildman–Crippen MR) is 137 cm³/mol. The van der Waals surface area contributed by atoms with Gasteiger partial charge < -0.3 is 24.7 Å². The number of ether oxygens (including phenoxy) is 2. The molecule has 0 unspecified atom stereocenters. The van der Waals surface area contributed by atoms with Crippen molar-refractivity contribution in [3.05, 3.63) is 83.7 Å². The number of halogens is 1. The number of benzene rings is 2. The highest BCUT2D eigenvalue weighted by molar-refractivity contribution is 5.98. The zero-order valence-electron chi connectivity index (χ0n) is 20.3. The van der Waals surface area contributed by atoms with Gasteiger partial charge in [0.05, 0.1) is 17.7 Å². The molecule has 1 aromatic heterocycles. The summed E-state index contributed by atoms with van der Waals surface area (Å²) in [4.78, 5) is 9.02. The molecule has 0 atom stereocenters. The fraction of sp³-hybridized carbons (Fsp3) is 0.333. The lowest BCUT2D eigenvalue weighted by atomic mass is 10.0. The zero-order chi connectivity index (χ0) is 24.5. The molecule has 3 aromatic rings. The second-order valence-corrected chi connectivity index (χ2v) is 8.39. The Morgan fingerprint density at radius 2 is 1.94 bits per heavy atom. The Hall–Kier alpha value is -3.65. The van der Waals surface area contributed by atoms with E-state index in [9.17, 15) is 4.39 Å². The molecule has 0 bridgehead atoms. The Labute approximate surface area is 205 Å². The van der Waals surface area contributed by atoms with Gasteiger partial charge in [0.25, 0.3) is 0 Å². The Kier molecular flexibility index (Phi) is 8.51. The highest BCUT2D eigenvalue weighted by atomic mass is 19.1. The number of rotatable bonds is 10. The van der Waals surface area contributed by atoms with Crippen molar-refractivity contribution in [2.24, 2.45) is 4.99 Å². The minimum atomic E-state index is -0.234. The van der Waals surface area contributed by atoms with Crippen LogP contribution >= 0.6 is 0 Å². The first-order valence-corrected chi connectivity index (χ1v) is 11.8. The molecule has 1 aliphatic rings. The largest absolute Gasteiger partial charge is 0.467 e. The number of hydrogen-bond acceptors (Lipinski definition) is 6. The number of nitrogens with zero attached hydrogens (tertiary/aromatic N) is 3. The topological polar surface area (TPSA) is 72.7 Å². The van der Waals surface area contributed by atoms with Crippen molar-refractivity contribution in [1.82, 2.24) is 14.9 Å². The molecule has 2 aromatic carbocycles. The Balaban J connectivity index is 1.40. The lowest BCUT2D eigenvalue weighted by Crippen LogP contribution is -2.32. The van der Waals surface area contributed by atoms with Crippen molar-refractivity contribution < 1.29 is 13.9 Å². The van der Waals surface area contributed by atoms with Crippen molar-refractivity contribution in [2.75, 3.05) is 38.9 Å². The fourth-order valence-electron chi connectivity index (χ4n) is 3.93. The molecule has 2 N–H and O–H groups in total. The first-order chi connectivity index (χ1) is 17.1. The van der Waals surface area contributed by atoms with Crippen LogP contribution in [0, 0.1) is 12.7 Å². The number of aliphatic imine (C=N–C) groups is 1. The average Bonchev–Trinajstić information content (AvgIpc) is 3.32. The van der Waals surface area contributed by atoms with Crippen LogP contribution in [0.2, 0.25) is 0 Å². The highest BCUT2D eigenvalue weighted by Gasteiger charge is 2.13. The molecule has 0 aliphatic carbocycles. The molecular weight excluding hydrogens is 445 g/mol. The van der Waals surface area contributed by atoms with Crippen LogP contribution in [-0.4, -0.2) is 48.9 Å². The summed E-state index contributed by atoms with van der Waals surface area (Å²) in [7, 11) is 1.62. The van der Waals surface area contributed by atoms with Gasteiger partial charge in [-0.3, -0.25) is 4.99 Å². The molecule has 8 heteroatoms. The van der Waals surface area contributed by atoms with Crippen molar-refractivity contribution in [3.63, 3.8) is 0 Å². The van der Waals surface area contributed by atoms with Gasteiger partial charge in [-0.15, -0.1) is 0 Å². The van der Waals surface area contributed by atoms with E-state index in [-0.39, 0.29) is 12.6 Å². The van der Waals surface area contributed by atoms with Gasteiger partial charge >= 0.3 is 0 Å². The van der Waals surface area contributed by atoms with Crippen LogP contribution in [0.15, 0.2) is 71.6 Å². The van der Waals surface area contributed by atoms with Gasteiger partial charge in [0.2, 0.25) is 0 Å². The number of aromatic nitrogens is 2. The van der Waals surface area contributed by atoms with E-state index in [0.29, 0.717) is 6.54 Å². The Morgan fingerprint density at radius 3 is 2.71 bits per heavy atom. The molecule has 2 heterocycles. The molecule has 0 saturated carbocycles. The maximum Gasteiger partial charge on any atom is 0.188 e.